The molecular formula is C15H22Cl2N2O. The van der Waals surface area contributed by atoms with Crippen LogP contribution in [0.4, 0.5) is 0 Å². The Balaban J connectivity index is 1.89. The van der Waals surface area contributed by atoms with Gasteiger partial charge >= 0.3 is 0 Å². The molecule has 2 N–H and O–H groups in total. The van der Waals surface area contributed by atoms with E-state index in [0.29, 0.717) is 16.1 Å². The van der Waals surface area contributed by atoms with Crippen LogP contribution >= 0.6 is 23.2 Å². The lowest BCUT2D eigenvalue weighted by Gasteiger charge is -2.24. The predicted octanol–water partition coefficient (Wildman–Crippen LogP) is 3.49. The highest BCUT2D eigenvalue weighted by Crippen LogP contribution is 2.31. The van der Waals surface area contributed by atoms with Gasteiger partial charge in [-0.2, -0.15) is 0 Å². The summed E-state index contributed by atoms with van der Waals surface area (Å²) in [5.74, 6) is 0. The summed E-state index contributed by atoms with van der Waals surface area (Å²) in [6, 6.07) is 6.27. The fraction of sp³-hybridized carbons (Fsp3) is 0.600. The van der Waals surface area contributed by atoms with Gasteiger partial charge in [0.15, 0.2) is 0 Å². The Morgan fingerprint density at radius 1 is 1.35 bits per heavy atom. The Bertz CT molecular complexity index is 438. The molecule has 0 aliphatic heterocycles. The molecule has 5 heteroatoms. The van der Waals surface area contributed by atoms with Crippen molar-refractivity contribution in [2.45, 2.75) is 31.3 Å². The zero-order valence-electron chi connectivity index (χ0n) is 11.8. The number of ether oxygens (including phenoxy) is 1. The standard InChI is InChI=1S/C15H22Cl2N2O/c1-20-10-9-19(11-5-6-11)8-7-14(18)12-3-2-4-13(16)15(12)17/h2-4,11,14H,5-10,18H2,1H3. The second kappa shape index (κ2) is 7.62. The van der Waals surface area contributed by atoms with Crippen LogP contribution in [0.5, 0.6) is 0 Å². The molecule has 0 bridgehead atoms. The molecule has 1 aliphatic rings. The molecule has 1 unspecified atom stereocenters. The Kier molecular flexibility index (Phi) is 6.12. The number of nitrogens with zero attached hydrogens (tertiary/aromatic N) is 1. The van der Waals surface area contributed by atoms with Crippen molar-refractivity contribution < 1.29 is 4.74 Å². The molecule has 20 heavy (non-hydrogen) atoms. The minimum atomic E-state index is -0.0787. The number of benzene rings is 1. The second-order valence-corrected chi connectivity index (χ2v) is 6.08. The van der Waals surface area contributed by atoms with Gasteiger partial charge < -0.3 is 10.5 Å². The van der Waals surface area contributed by atoms with Crippen LogP contribution in [0.15, 0.2) is 18.2 Å². The molecule has 2 rings (SSSR count). The van der Waals surface area contributed by atoms with Gasteiger partial charge in [0, 0.05) is 32.3 Å². The molecule has 1 atom stereocenters. The average molecular weight is 317 g/mol. The highest BCUT2D eigenvalue weighted by atomic mass is 35.5. The van der Waals surface area contributed by atoms with Gasteiger partial charge in [-0.25, -0.2) is 0 Å². The number of halogens is 2. The van der Waals surface area contributed by atoms with Crippen LogP contribution in [0.3, 0.4) is 0 Å². The summed E-state index contributed by atoms with van der Waals surface area (Å²) in [6.07, 6.45) is 3.45. The molecular weight excluding hydrogens is 295 g/mol. The van der Waals surface area contributed by atoms with Gasteiger partial charge in [0.1, 0.15) is 0 Å². The lowest BCUT2D eigenvalue weighted by molar-refractivity contribution is 0.141. The van der Waals surface area contributed by atoms with E-state index in [1.165, 1.54) is 12.8 Å². The predicted molar refractivity (Wildman–Crippen MR) is 84.5 cm³/mol. The van der Waals surface area contributed by atoms with E-state index >= 15 is 0 Å². The van der Waals surface area contributed by atoms with E-state index in [1.54, 1.807) is 13.2 Å². The van der Waals surface area contributed by atoms with Crippen molar-refractivity contribution in [1.29, 1.82) is 0 Å². The molecule has 1 fully saturated rings. The van der Waals surface area contributed by atoms with E-state index in [0.717, 1.165) is 31.7 Å². The average Bonchev–Trinajstić information content (AvgIpc) is 3.26. The molecule has 3 nitrogen and oxygen atoms in total. The Labute approximate surface area is 131 Å². The molecule has 1 saturated carbocycles. The maximum Gasteiger partial charge on any atom is 0.0640 e. The molecule has 0 amide bonds. The lowest BCUT2D eigenvalue weighted by Crippen LogP contribution is -2.32. The molecule has 0 spiro atoms. The number of hydrogen-bond acceptors (Lipinski definition) is 3. The van der Waals surface area contributed by atoms with Gasteiger partial charge in [-0.05, 0) is 30.9 Å². The quantitative estimate of drug-likeness (QED) is 0.797. The summed E-state index contributed by atoms with van der Waals surface area (Å²) in [5.41, 5.74) is 7.19. The Hall–Kier alpha value is -0.320. The van der Waals surface area contributed by atoms with Crippen LogP contribution < -0.4 is 5.73 Å². The summed E-state index contributed by atoms with van der Waals surface area (Å²) in [7, 11) is 1.74. The minimum absolute atomic E-state index is 0.0787. The number of methoxy groups -OCH3 is 1. The molecule has 0 saturated heterocycles. The first-order valence-corrected chi connectivity index (χ1v) is 7.81. The number of hydrogen-bond donors (Lipinski definition) is 1. The van der Waals surface area contributed by atoms with Crippen LogP contribution in [0.2, 0.25) is 10.0 Å². The Morgan fingerprint density at radius 2 is 2.10 bits per heavy atom. The van der Waals surface area contributed by atoms with Crippen molar-refractivity contribution in [3.05, 3.63) is 33.8 Å². The van der Waals surface area contributed by atoms with Gasteiger partial charge in [-0.1, -0.05) is 35.3 Å². The maximum absolute atomic E-state index is 6.26. The van der Waals surface area contributed by atoms with E-state index < -0.39 is 0 Å². The van der Waals surface area contributed by atoms with E-state index in [2.05, 4.69) is 4.90 Å². The van der Waals surface area contributed by atoms with E-state index in [9.17, 15) is 0 Å². The van der Waals surface area contributed by atoms with Crippen molar-refractivity contribution in [3.8, 4) is 0 Å². The van der Waals surface area contributed by atoms with Gasteiger partial charge in [-0.3, -0.25) is 4.90 Å². The number of rotatable bonds is 8. The van der Waals surface area contributed by atoms with Crippen LogP contribution in [0, 0.1) is 0 Å². The fourth-order valence-electron chi connectivity index (χ4n) is 2.39. The molecule has 1 aromatic rings. The first kappa shape index (κ1) is 16.1. The third kappa shape index (κ3) is 4.34. The smallest absolute Gasteiger partial charge is 0.0640 e. The zero-order valence-corrected chi connectivity index (χ0v) is 13.3. The minimum Gasteiger partial charge on any atom is -0.383 e. The van der Waals surface area contributed by atoms with Crippen LogP contribution in [-0.2, 0) is 4.74 Å². The zero-order chi connectivity index (χ0) is 14.5. The van der Waals surface area contributed by atoms with Crippen LogP contribution in [0.25, 0.3) is 0 Å². The van der Waals surface area contributed by atoms with Crippen molar-refractivity contribution in [3.63, 3.8) is 0 Å². The lowest BCUT2D eigenvalue weighted by atomic mass is 10.0. The highest BCUT2D eigenvalue weighted by Gasteiger charge is 2.28. The summed E-state index contributed by atoms with van der Waals surface area (Å²) >= 11 is 12.3. The van der Waals surface area contributed by atoms with E-state index in [4.69, 9.17) is 33.7 Å². The van der Waals surface area contributed by atoms with Crippen LogP contribution in [-0.4, -0.2) is 37.7 Å². The summed E-state index contributed by atoms with van der Waals surface area (Å²) in [6.45, 7) is 2.71. The molecule has 1 aromatic carbocycles. The fourth-order valence-corrected chi connectivity index (χ4v) is 2.84. The SMILES string of the molecule is COCCN(CCC(N)c1cccc(Cl)c1Cl)C1CC1. The summed E-state index contributed by atoms with van der Waals surface area (Å²) in [5, 5.41) is 1.15. The van der Waals surface area contributed by atoms with E-state index in [-0.39, 0.29) is 6.04 Å². The first-order valence-electron chi connectivity index (χ1n) is 7.06. The van der Waals surface area contributed by atoms with Gasteiger partial charge in [-0.15, -0.1) is 0 Å². The molecule has 112 valence electrons. The van der Waals surface area contributed by atoms with Crippen LogP contribution in [0.1, 0.15) is 30.9 Å². The largest absolute Gasteiger partial charge is 0.383 e. The Morgan fingerprint density at radius 3 is 2.75 bits per heavy atom. The number of nitrogens with two attached hydrogens (primary N) is 1. The third-order valence-corrected chi connectivity index (χ3v) is 4.59. The summed E-state index contributed by atoms with van der Waals surface area (Å²) in [4.78, 5) is 2.46. The van der Waals surface area contributed by atoms with E-state index in [1.807, 2.05) is 12.1 Å². The maximum atomic E-state index is 6.26. The highest BCUT2D eigenvalue weighted by molar-refractivity contribution is 6.42. The van der Waals surface area contributed by atoms with Gasteiger partial charge in [0.05, 0.1) is 16.7 Å². The van der Waals surface area contributed by atoms with Crippen molar-refractivity contribution >= 4 is 23.2 Å². The van der Waals surface area contributed by atoms with Crippen molar-refractivity contribution in [2.24, 2.45) is 5.73 Å². The van der Waals surface area contributed by atoms with Crippen molar-refractivity contribution in [1.82, 2.24) is 4.90 Å². The van der Waals surface area contributed by atoms with Gasteiger partial charge in [0.25, 0.3) is 0 Å². The normalized spacial score (nSPS) is 16.6. The monoisotopic (exact) mass is 316 g/mol. The summed E-state index contributed by atoms with van der Waals surface area (Å²) < 4.78 is 5.17. The molecule has 0 aromatic heterocycles. The third-order valence-electron chi connectivity index (χ3n) is 3.75. The molecule has 0 heterocycles. The first-order chi connectivity index (χ1) is 9.63. The molecule has 0 radical (unpaired) electrons. The van der Waals surface area contributed by atoms with Gasteiger partial charge in [0.2, 0.25) is 0 Å². The molecule has 1 aliphatic carbocycles. The van der Waals surface area contributed by atoms with Crippen molar-refractivity contribution in [2.75, 3.05) is 26.8 Å². The topological polar surface area (TPSA) is 38.5 Å². The second-order valence-electron chi connectivity index (χ2n) is 5.30.